The van der Waals surface area contributed by atoms with E-state index >= 15 is 0 Å². The van der Waals surface area contributed by atoms with Gasteiger partial charge in [-0.05, 0) is 12.3 Å². The highest BCUT2D eigenvalue weighted by Crippen LogP contribution is 2.14. The minimum atomic E-state index is -0.373. The van der Waals surface area contributed by atoms with Crippen molar-refractivity contribution in [2.45, 2.75) is 6.42 Å². The lowest BCUT2D eigenvalue weighted by atomic mass is 10.1. The average molecular weight is 200 g/mol. The third-order valence-electron chi connectivity index (χ3n) is 2.33. The third kappa shape index (κ3) is 3.21. The Hall–Kier alpha value is -1.30. The van der Waals surface area contributed by atoms with Gasteiger partial charge < -0.3 is 21.7 Å². The van der Waals surface area contributed by atoms with Gasteiger partial charge in [-0.15, -0.1) is 0 Å². The number of likely N-dealkylation sites (tertiary alicyclic amines) is 1. The maximum atomic E-state index is 10.8. The predicted molar refractivity (Wildman–Crippen MR) is 51.3 cm³/mol. The fourth-order valence-corrected chi connectivity index (χ4v) is 1.60. The Labute approximate surface area is 82.6 Å². The second-order valence-corrected chi connectivity index (χ2v) is 3.54. The molecule has 1 fully saturated rings. The Morgan fingerprint density at radius 1 is 1.43 bits per heavy atom. The molecule has 1 heterocycles. The van der Waals surface area contributed by atoms with Gasteiger partial charge in [0.05, 0.1) is 6.54 Å². The van der Waals surface area contributed by atoms with Crippen molar-refractivity contribution >= 4 is 11.9 Å². The van der Waals surface area contributed by atoms with Crippen molar-refractivity contribution in [3.8, 4) is 0 Å². The number of amides is 3. The van der Waals surface area contributed by atoms with Gasteiger partial charge >= 0.3 is 6.03 Å². The summed E-state index contributed by atoms with van der Waals surface area (Å²) >= 11 is 0. The summed E-state index contributed by atoms with van der Waals surface area (Å²) in [7, 11) is 0. The molecule has 80 valence electrons. The Morgan fingerprint density at radius 2 is 2.14 bits per heavy atom. The highest BCUT2D eigenvalue weighted by Gasteiger charge is 2.24. The summed E-state index contributed by atoms with van der Waals surface area (Å²) in [5.41, 5.74) is 10.1. The SMILES string of the molecule is NC(=O)CNCC1CCN(C(N)=O)C1. The van der Waals surface area contributed by atoms with Gasteiger partial charge in [-0.3, -0.25) is 4.79 Å². The molecule has 0 bridgehead atoms. The lowest BCUT2D eigenvalue weighted by Gasteiger charge is -2.13. The molecule has 0 aliphatic carbocycles. The van der Waals surface area contributed by atoms with Crippen LogP contribution in [0.4, 0.5) is 4.79 Å². The fourth-order valence-electron chi connectivity index (χ4n) is 1.60. The molecule has 1 atom stereocenters. The van der Waals surface area contributed by atoms with E-state index in [1.54, 1.807) is 4.90 Å². The molecule has 6 heteroatoms. The minimum Gasteiger partial charge on any atom is -0.369 e. The first kappa shape index (κ1) is 10.8. The molecule has 0 aromatic carbocycles. The van der Waals surface area contributed by atoms with Crippen LogP contribution in [0.2, 0.25) is 0 Å². The molecular weight excluding hydrogens is 184 g/mol. The van der Waals surface area contributed by atoms with Crippen LogP contribution in [0.3, 0.4) is 0 Å². The van der Waals surface area contributed by atoms with E-state index in [4.69, 9.17) is 11.5 Å². The first-order valence-corrected chi connectivity index (χ1v) is 4.63. The van der Waals surface area contributed by atoms with Crippen LogP contribution in [0.15, 0.2) is 0 Å². The van der Waals surface area contributed by atoms with Gasteiger partial charge in [0.2, 0.25) is 5.91 Å². The third-order valence-corrected chi connectivity index (χ3v) is 2.33. The molecule has 0 aromatic rings. The Kier molecular flexibility index (Phi) is 3.70. The van der Waals surface area contributed by atoms with Crippen LogP contribution in [0.1, 0.15) is 6.42 Å². The van der Waals surface area contributed by atoms with Crippen molar-refractivity contribution in [3.63, 3.8) is 0 Å². The Bertz CT molecular complexity index is 231. The maximum Gasteiger partial charge on any atom is 0.314 e. The molecule has 0 spiro atoms. The lowest BCUT2D eigenvalue weighted by Crippen LogP contribution is -2.36. The van der Waals surface area contributed by atoms with Crippen molar-refractivity contribution in [2.24, 2.45) is 17.4 Å². The van der Waals surface area contributed by atoms with Gasteiger partial charge in [-0.1, -0.05) is 0 Å². The van der Waals surface area contributed by atoms with Crippen molar-refractivity contribution in [1.82, 2.24) is 10.2 Å². The van der Waals surface area contributed by atoms with E-state index in [0.717, 1.165) is 6.42 Å². The van der Waals surface area contributed by atoms with Crippen LogP contribution >= 0.6 is 0 Å². The van der Waals surface area contributed by atoms with Gasteiger partial charge in [-0.2, -0.15) is 0 Å². The maximum absolute atomic E-state index is 10.8. The minimum absolute atomic E-state index is 0.188. The Balaban J connectivity index is 2.16. The van der Waals surface area contributed by atoms with E-state index in [0.29, 0.717) is 25.6 Å². The number of primary amides is 2. The molecule has 1 aliphatic heterocycles. The van der Waals surface area contributed by atoms with E-state index in [9.17, 15) is 9.59 Å². The van der Waals surface area contributed by atoms with Crippen LogP contribution in [-0.2, 0) is 4.79 Å². The van der Waals surface area contributed by atoms with Gasteiger partial charge in [0.15, 0.2) is 0 Å². The summed E-state index contributed by atoms with van der Waals surface area (Å²) in [6, 6.07) is -0.373. The molecule has 1 saturated heterocycles. The lowest BCUT2D eigenvalue weighted by molar-refractivity contribution is -0.117. The molecule has 1 aliphatic rings. The highest BCUT2D eigenvalue weighted by atomic mass is 16.2. The molecule has 1 unspecified atom stereocenters. The second kappa shape index (κ2) is 4.80. The number of hydrogen-bond acceptors (Lipinski definition) is 3. The summed E-state index contributed by atoms with van der Waals surface area (Å²) in [5, 5.41) is 2.93. The van der Waals surface area contributed by atoms with Crippen molar-refractivity contribution in [2.75, 3.05) is 26.2 Å². The van der Waals surface area contributed by atoms with Gasteiger partial charge in [0, 0.05) is 19.6 Å². The van der Waals surface area contributed by atoms with Gasteiger partial charge in [0.1, 0.15) is 0 Å². The molecule has 1 rings (SSSR count). The smallest absolute Gasteiger partial charge is 0.314 e. The standard InChI is InChI=1S/C8H16N4O2/c9-7(13)4-11-3-6-1-2-12(5-6)8(10)14/h6,11H,1-5H2,(H2,9,13)(H2,10,14). The van der Waals surface area contributed by atoms with E-state index in [1.165, 1.54) is 0 Å². The zero-order chi connectivity index (χ0) is 10.6. The van der Waals surface area contributed by atoms with E-state index in [2.05, 4.69) is 5.32 Å². The fraction of sp³-hybridized carbons (Fsp3) is 0.750. The summed E-state index contributed by atoms with van der Waals surface area (Å²) in [5.74, 6) is 0.0107. The van der Waals surface area contributed by atoms with Crippen LogP contribution in [0.25, 0.3) is 0 Å². The summed E-state index contributed by atoms with van der Waals surface area (Å²) in [6.07, 6.45) is 0.925. The number of carbonyl (C=O) groups is 2. The number of carbonyl (C=O) groups excluding carboxylic acids is 2. The molecular formula is C8H16N4O2. The molecule has 14 heavy (non-hydrogen) atoms. The molecule has 0 saturated carbocycles. The number of urea groups is 1. The van der Waals surface area contributed by atoms with Gasteiger partial charge in [0.25, 0.3) is 0 Å². The second-order valence-electron chi connectivity index (χ2n) is 3.54. The topological polar surface area (TPSA) is 101 Å². The van der Waals surface area contributed by atoms with Crippen molar-refractivity contribution < 1.29 is 9.59 Å². The molecule has 6 nitrogen and oxygen atoms in total. The predicted octanol–water partition coefficient (Wildman–Crippen LogP) is -1.54. The zero-order valence-corrected chi connectivity index (χ0v) is 8.03. The quantitative estimate of drug-likeness (QED) is 0.512. The van der Waals surface area contributed by atoms with Gasteiger partial charge in [-0.25, -0.2) is 4.79 Å². The number of hydrogen-bond donors (Lipinski definition) is 3. The zero-order valence-electron chi connectivity index (χ0n) is 8.03. The van der Waals surface area contributed by atoms with E-state index in [-0.39, 0.29) is 18.5 Å². The molecule has 0 radical (unpaired) electrons. The van der Waals surface area contributed by atoms with E-state index < -0.39 is 0 Å². The van der Waals surface area contributed by atoms with Crippen LogP contribution in [0.5, 0.6) is 0 Å². The number of nitrogens with one attached hydrogen (secondary N) is 1. The highest BCUT2D eigenvalue weighted by molar-refractivity contribution is 5.75. The average Bonchev–Trinajstić information content (AvgIpc) is 2.52. The first-order chi connectivity index (χ1) is 6.59. The number of rotatable bonds is 4. The number of nitrogens with zero attached hydrogens (tertiary/aromatic N) is 1. The van der Waals surface area contributed by atoms with Crippen LogP contribution in [0, 0.1) is 5.92 Å². The molecule has 3 amide bonds. The van der Waals surface area contributed by atoms with Crippen molar-refractivity contribution in [3.05, 3.63) is 0 Å². The largest absolute Gasteiger partial charge is 0.369 e. The van der Waals surface area contributed by atoms with Crippen molar-refractivity contribution in [1.29, 1.82) is 0 Å². The number of nitrogens with two attached hydrogens (primary N) is 2. The van der Waals surface area contributed by atoms with Crippen LogP contribution in [-0.4, -0.2) is 43.0 Å². The first-order valence-electron chi connectivity index (χ1n) is 4.63. The molecule has 5 N–H and O–H groups in total. The normalized spacial score (nSPS) is 21.1. The molecule has 0 aromatic heterocycles. The summed E-state index contributed by atoms with van der Waals surface area (Å²) < 4.78 is 0. The van der Waals surface area contributed by atoms with Crippen LogP contribution < -0.4 is 16.8 Å². The summed E-state index contributed by atoms with van der Waals surface area (Å²) in [6.45, 7) is 2.26. The monoisotopic (exact) mass is 200 g/mol. The summed E-state index contributed by atoms with van der Waals surface area (Å²) in [4.78, 5) is 22.8. The Morgan fingerprint density at radius 3 is 2.64 bits per heavy atom. The van der Waals surface area contributed by atoms with E-state index in [1.807, 2.05) is 0 Å².